The van der Waals surface area contributed by atoms with Crippen molar-refractivity contribution in [3.05, 3.63) is 18.5 Å². The first-order valence-corrected chi connectivity index (χ1v) is 6.10. The minimum Gasteiger partial charge on any atom is -0.473 e. The molecule has 0 saturated heterocycles. The fraction of sp³-hybridized carbons (Fsp3) is 0.500. The number of carbonyl (C=O) groups is 2. The van der Waals surface area contributed by atoms with Crippen LogP contribution < -0.4 is 10.1 Å². The number of aromatic nitrogens is 2. The SMILES string of the molecule is CC(C)NCC(O)COc1ncccn1.O=C(O)C(=O)O. The van der Waals surface area contributed by atoms with E-state index in [0.717, 1.165) is 0 Å². The van der Waals surface area contributed by atoms with E-state index in [9.17, 15) is 5.11 Å². The number of carboxylic acid groups (broad SMARTS) is 2. The van der Waals surface area contributed by atoms with Gasteiger partial charge in [-0.2, -0.15) is 0 Å². The van der Waals surface area contributed by atoms with Crippen LogP contribution in [0.4, 0.5) is 0 Å². The Hall–Kier alpha value is -2.26. The molecule has 0 fully saturated rings. The van der Waals surface area contributed by atoms with E-state index in [2.05, 4.69) is 15.3 Å². The molecule has 0 aromatic carbocycles. The quantitative estimate of drug-likeness (QED) is 0.505. The lowest BCUT2D eigenvalue weighted by Gasteiger charge is -2.13. The van der Waals surface area contributed by atoms with Gasteiger partial charge < -0.3 is 25.4 Å². The Bertz CT molecular complexity index is 414. The van der Waals surface area contributed by atoms with Crippen molar-refractivity contribution in [3.63, 3.8) is 0 Å². The van der Waals surface area contributed by atoms with Crippen LogP contribution in [0.2, 0.25) is 0 Å². The molecule has 9 heteroatoms. The van der Waals surface area contributed by atoms with Gasteiger partial charge in [0.25, 0.3) is 0 Å². The highest BCUT2D eigenvalue weighted by Gasteiger charge is 2.06. The molecule has 9 nitrogen and oxygen atoms in total. The lowest BCUT2D eigenvalue weighted by molar-refractivity contribution is -0.159. The third-order valence-electron chi connectivity index (χ3n) is 1.89. The van der Waals surface area contributed by atoms with Gasteiger partial charge in [-0.25, -0.2) is 19.6 Å². The van der Waals surface area contributed by atoms with Crippen LogP contribution in [0.25, 0.3) is 0 Å². The Kier molecular flexibility index (Phi) is 9.39. The smallest absolute Gasteiger partial charge is 0.414 e. The molecule has 0 aliphatic heterocycles. The Morgan fingerprint density at radius 2 is 1.76 bits per heavy atom. The van der Waals surface area contributed by atoms with Crippen LogP contribution in [0.1, 0.15) is 13.8 Å². The molecule has 21 heavy (non-hydrogen) atoms. The average Bonchev–Trinajstić information content (AvgIpc) is 2.44. The summed E-state index contributed by atoms with van der Waals surface area (Å²) in [6.45, 7) is 4.75. The zero-order chi connectivity index (χ0) is 16.3. The van der Waals surface area contributed by atoms with Crippen LogP contribution in [-0.4, -0.2) is 62.5 Å². The number of rotatable bonds is 6. The molecule has 1 heterocycles. The second-order valence-corrected chi connectivity index (χ2v) is 4.17. The molecule has 1 atom stereocenters. The van der Waals surface area contributed by atoms with Crippen LogP contribution >= 0.6 is 0 Å². The number of aliphatic carboxylic acids is 2. The summed E-state index contributed by atoms with van der Waals surface area (Å²) in [7, 11) is 0. The van der Waals surface area contributed by atoms with E-state index in [4.69, 9.17) is 24.5 Å². The molecule has 0 bridgehead atoms. The van der Waals surface area contributed by atoms with Crippen molar-refractivity contribution in [1.29, 1.82) is 0 Å². The van der Waals surface area contributed by atoms with Gasteiger partial charge in [-0.1, -0.05) is 13.8 Å². The molecular formula is C12H19N3O6. The summed E-state index contributed by atoms with van der Waals surface area (Å²) < 4.78 is 5.19. The number of nitrogens with zero attached hydrogens (tertiary/aromatic N) is 2. The number of aliphatic hydroxyl groups is 1. The van der Waals surface area contributed by atoms with Crippen molar-refractivity contribution in [2.24, 2.45) is 0 Å². The van der Waals surface area contributed by atoms with Gasteiger partial charge in [0.1, 0.15) is 12.7 Å². The fourth-order valence-corrected chi connectivity index (χ4v) is 0.961. The van der Waals surface area contributed by atoms with Gasteiger partial charge in [0, 0.05) is 25.0 Å². The molecule has 1 rings (SSSR count). The highest BCUT2D eigenvalue weighted by molar-refractivity contribution is 6.27. The molecule has 1 aromatic rings. The maximum Gasteiger partial charge on any atom is 0.414 e. The van der Waals surface area contributed by atoms with Gasteiger partial charge in [0.05, 0.1) is 0 Å². The van der Waals surface area contributed by atoms with Gasteiger partial charge in [-0.15, -0.1) is 0 Å². The molecule has 4 N–H and O–H groups in total. The van der Waals surface area contributed by atoms with Crippen molar-refractivity contribution in [1.82, 2.24) is 15.3 Å². The fourth-order valence-electron chi connectivity index (χ4n) is 0.961. The van der Waals surface area contributed by atoms with Crippen LogP contribution in [0, 0.1) is 0 Å². The Balaban J connectivity index is 0.000000567. The molecule has 0 aliphatic carbocycles. The molecule has 118 valence electrons. The first-order valence-electron chi connectivity index (χ1n) is 6.10. The summed E-state index contributed by atoms with van der Waals surface area (Å²) >= 11 is 0. The summed E-state index contributed by atoms with van der Waals surface area (Å²) in [4.78, 5) is 26.0. The number of hydrogen-bond acceptors (Lipinski definition) is 7. The van der Waals surface area contributed by atoms with Crippen molar-refractivity contribution in [3.8, 4) is 6.01 Å². The zero-order valence-electron chi connectivity index (χ0n) is 11.8. The topological polar surface area (TPSA) is 142 Å². The molecular weight excluding hydrogens is 282 g/mol. The summed E-state index contributed by atoms with van der Waals surface area (Å²) in [5, 5.41) is 27.4. The van der Waals surface area contributed by atoms with Crippen LogP contribution in [0.5, 0.6) is 6.01 Å². The van der Waals surface area contributed by atoms with Crippen LogP contribution in [-0.2, 0) is 9.59 Å². The molecule has 0 saturated carbocycles. The number of hydrogen-bond donors (Lipinski definition) is 4. The van der Waals surface area contributed by atoms with Gasteiger partial charge in [0.2, 0.25) is 0 Å². The highest BCUT2D eigenvalue weighted by Crippen LogP contribution is 1.98. The van der Waals surface area contributed by atoms with Crippen LogP contribution in [0.15, 0.2) is 18.5 Å². The largest absolute Gasteiger partial charge is 0.473 e. The number of carboxylic acids is 2. The Labute approximate surface area is 121 Å². The normalized spacial score (nSPS) is 11.2. The van der Waals surface area contributed by atoms with Crippen molar-refractivity contribution >= 4 is 11.9 Å². The van der Waals surface area contributed by atoms with E-state index in [1.54, 1.807) is 18.5 Å². The monoisotopic (exact) mass is 301 g/mol. The third kappa shape index (κ3) is 11.3. The van der Waals surface area contributed by atoms with E-state index in [1.165, 1.54) is 0 Å². The molecule has 1 unspecified atom stereocenters. The second kappa shape index (κ2) is 10.5. The van der Waals surface area contributed by atoms with E-state index >= 15 is 0 Å². The van der Waals surface area contributed by atoms with Gasteiger partial charge in [-0.05, 0) is 6.07 Å². The van der Waals surface area contributed by atoms with Crippen LogP contribution in [0.3, 0.4) is 0 Å². The Morgan fingerprint density at radius 1 is 1.24 bits per heavy atom. The predicted molar refractivity (Wildman–Crippen MR) is 71.9 cm³/mol. The van der Waals surface area contributed by atoms with Gasteiger partial charge >= 0.3 is 17.9 Å². The van der Waals surface area contributed by atoms with E-state index in [-0.39, 0.29) is 6.61 Å². The lowest BCUT2D eigenvalue weighted by Crippen LogP contribution is -2.35. The molecule has 0 radical (unpaired) electrons. The number of ether oxygens (including phenoxy) is 1. The predicted octanol–water partition coefficient (Wildman–Crippen LogP) is -0.630. The molecule has 0 aliphatic rings. The first-order chi connectivity index (χ1) is 9.82. The van der Waals surface area contributed by atoms with Crippen molar-refractivity contribution in [2.45, 2.75) is 26.0 Å². The minimum absolute atomic E-state index is 0.198. The minimum atomic E-state index is -1.82. The summed E-state index contributed by atoms with van der Waals surface area (Å²) in [5.41, 5.74) is 0. The highest BCUT2D eigenvalue weighted by atomic mass is 16.5. The van der Waals surface area contributed by atoms with E-state index < -0.39 is 18.0 Å². The summed E-state index contributed by atoms with van der Waals surface area (Å²) in [6, 6.07) is 2.36. The maximum atomic E-state index is 9.52. The van der Waals surface area contributed by atoms with Crippen molar-refractivity contribution in [2.75, 3.05) is 13.2 Å². The molecule has 0 amide bonds. The standard InChI is InChI=1S/C10H17N3O2.C2H2O4/c1-8(2)13-6-9(14)7-15-10-11-4-3-5-12-10;3-1(4)2(5)6/h3-5,8-9,13-14H,6-7H2,1-2H3;(H,3,4)(H,5,6). The van der Waals surface area contributed by atoms with E-state index in [0.29, 0.717) is 18.6 Å². The third-order valence-corrected chi connectivity index (χ3v) is 1.89. The lowest BCUT2D eigenvalue weighted by atomic mass is 10.3. The van der Waals surface area contributed by atoms with Crippen molar-refractivity contribution < 1.29 is 29.6 Å². The molecule has 1 aromatic heterocycles. The number of aliphatic hydroxyl groups excluding tert-OH is 1. The Morgan fingerprint density at radius 3 is 2.19 bits per heavy atom. The number of nitrogens with one attached hydrogen (secondary N) is 1. The summed E-state index contributed by atoms with van der Waals surface area (Å²) in [5.74, 6) is -3.65. The summed E-state index contributed by atoms with van der Waals surface area (Å²) in [6.07, 6.45) is 2.65. The van der Waals surface area contributed by atoms with Gasteiger partial charge in [0.15, 0.2) is 0 Å². The second-order valence-electron chi connectivity index (χ2n) is 4.17. The van der Waals surface area contributed by atoms with E-state index in [1.807, 2.05) is 13.8 Å². The zero-order valence-corrected chi connectivity index (χ0v) is 11.8. The maximum absolute atomic E-state index is 9.52. The van der Waals surface area contributed by atoms with Gasteiger partial charge in [-0.3, -0.25) is 0 Å². The molecule has 0 spiro atoms. The first kappa shape index (κ1) is 18.7. The average molecular weight is 301 g/mol.